The molecule has 1 saturated carbocycles. The highest BCUT2D eigenvalue weighted by molar-refractivity contribution is 7.18. The van der Waals surface area contributed by atoms with Crippen molar-refractivity contribution in [3.8, 4) is 0 Å². The van der Waals surface area contributed by atoms with Crippen LogP contribution in [0.3, 0.4) is 0 Å². The first-order valence-electron chi connectivity index (χ1n) is 8.75. The molecule has 1 aliphatic carbocycles. The van der Waals surface area contributed by atoms with Gasteiger partial charge in [0.1, 0.15) is 5.01 Å². The van der Waals surface area contributed by atoms with Gasteiger partial charge in [0.15, 0.2) is 5.82 Å². The molecule has 2 aliphatic rings. The van der Waals surface area contributed by atoms with Crippen LogP contribution >= 0.6 is 11.3 Å². The molecule has 1 aliphatic heterocycles. The van der Waals surface area contributed by atoms with Gasteiger partial charge in [0.25, 0.3) is 0 Å². The Kier molecular flexibility index (Phi) is 3.56. The monoisotopic (exact) mass is 340 g/mol. The molecule has 5 rings (SSSR count). The first kappa shape index (κ1) is 14.5. The Morgan fingerprint density at radius 2 is 2.04 bits per heavy atom. The fourth-order valence-electron chi connectivity index (χ4n) is 3.59. The second-order valence-corrected chi connectivity index (χ2v) is 7.83. The van der Waals surface area contributed by atoms with Crippen LogP contribution in [-0.2, 0) is 6.54 Å². The summed E-state index contributed by atoms with van der Waals surface area (Å²) in [6.07, 6.45) is 6.10. The number of hydrogen-bond donors (Lipinski definition) is 0. The summed E-state index contributed by atoms with van der Waals surface area (Å²) in [6, 6.07) is 9.34. The molecule has 0 spiro atoms. The van der Waals surface area contributed by atoms with Gasteiger partial charge in [0.05, 0.1) is 28.8 Å². The number of piperidine rings is 1. The second kappa shape index (κ2) is 5.89. The molecule has 3 heterocycles. The van der Waals surface area contributed by atoms with Gasteiger partial charge in [0, 0.05) is 0 Å². The van der Waals surface area contributed by atoms with Crippen molar-refractivity contribution in [1.29, 1.82) is 0 Å². The van der Waals surface area contributed by atoms with Crippen molar-refractivity contribution >= 4 is 21.6 Å². The summed E-state index contributed by atoms with van der Waals surface area (Å²) in [5.74, 6) is 1.01. The van der Waals surface area contributed by atoms with E-state index >= 15 is 0 Å². The van der Waals surface area contributed by atoms with Crippen molar-refractivity contribution in [2.75, 3.05) is 6.54 Å². The van der Waals surface area contributed by atoms with E-state index in [0.29, 0.717) is 12.1 Å². The molecule has 7 heteroatoms. The number of nitrogens with zero attached hydrogens (tertiary/aromatic N) is 6. The predicted octanol–water partition coefficient (Wildman–Crippen LogP) is 3.34. The van der Waals surface area contributed by atoms with Gasteiger partial charge in [-0.2, -0.15) is 0 Å². The van der Waals surface area contributed by atoms with Gasteiger partial charge in [-0.15, -0.1) is 16.4 Å². The third-order valence-corrected chi connectivity index (χ3v) is 6.15. The molecule has 3 aromatic rings. The summed E-state index contributed by atoms with van der Waals surface area (Å²) in [6.45, 7) is 1.92. The van der Waals surface area contributed by atoms with Gasteiger partial charge in [-0.25, -0.2) is 9.67 Å². The van der Waals surface area contributed by atoms with Crippen LogP contribution in [0.1, 0.15) is 55.0 Å². The Bertz CT molecular complexity index is 819. The Labute approximate surface area is 144 Å². The summed E-state index contributed by atoms with van der Waals surface area (Å²) in [4.78, 5) is 7.42. The highest BCUT2D eigenvalue weighted by atomic mass is 32.1. The van der Waals surface area contributed by atoms with Gasteiger partial charge in [-0.1, -0.05) is 18.6 Å². The third-order valence-electron chi connectivity index (χ3n) is 5.01. The van der Waals surface area contributed by atoms with Gasteiger partial charge in [0.2, 0.25) is 0 Å². The maximum Gasteiger partial charge on any atom is 0.165 e. The Balaban J connectivity index is 1.43. The minimum atomic E-state index is 0.389. The minimum Gasteiger partial charge on any atom is -0.286 e. The number of rotatable bonds is 4. The number of para-hydroxylation sites is 1. The van der Waals surface area contributed by atoms with Gasteiger partial charge >= 0.3 is 0 Å². The fraction of sp³-hybridized carbons (Fsp3) is 0.529. The largest absolute Gasteiger partial charge is 0.286 e. The summed E-state index contributed by atoms with van der Waals surface area (Å²) in [5, 5.41) is 13.6. The Hall–Kier alpha value is -1.86. The Morgan fingerprint density at radius 1 is 1.12 bits per heavy atom. The molecule has 2 aromatic heterocycles. The van der Waals surface area contributed by atoms with Gasteiger partial charge < -0.3 is 0 Å². The van der Waals surface area contributed by atoms with Crippen LogP contribution < -0.4 is 0 Å². The van der Waals surface area contributed by atoms with Crippen LogP contribution in [0.15, 0.2) is 24.3 Å². The second-order valence-electron chi connectivity index (χ2n) is 6.77. The quantitative estimate of drug-likeness (QED) is 0.729. The Morgan fingerprint density at radius 3 is 2.92 bits per heavy atom. The lowest BCUT2D eigenvalue weighted by Gasteiger charge is -2.33. The molecule has 1 atom stereocenters. The average Bonchev–Trinajstić information content (AvgIpc) is 3.19. The summed E-state index contributed by atoms with van der Waals surface area (Å²) >= 11 is 1.83. The molecule has 124 valence electrons. The number of benzene rings is 1. The predicted molar refractivity (Wildman–Crippen MR) is 92.7 cm³/mol. The van der Waals surface area contributed by atoms with E-state index < -0.39 is 0 Å². The SMILES string of the molecule is c1ccc2sc(C3CCCCN3Cc3nnnn3C3CC3)nc2c1. The minimum absolute atomic E-state index is 0.389. The molecule has 6 nitrogen and oxygen atoms in total. The summed E-state index contributed by atoms with van der Waals surface area (Å²) in [5.41, 5.74) is 1.12. The van der Waals surface area contributed by atoms with Crippen molar-refractivity contribution in [2.24, 2.45) is 0 Å². The van der Waals surface area contributed by atoms with Crippen molar-refractivity contribution in [3.63, 3.8) is 0 Å². The zero-order valence-corrected chi connectivity index (χ0v) is 14.3. The number of likely N-dealkylation sites (tertiary alicyclic amines) is 1. The molecule has 2 fully saturated rings. The zero-order valence-electron chi connectivity index (χ0n) is 13.5. The van der Waals surface area contributed by atoms with Gasteiger partial charge in [-0.3, -0.25) is 4.90 Å². The van der Waals surface area contributed by atoms with E-state index in [2.05, 4.69) is 44.7 Å². The van der Waals surface area contributed by atoms with E-state index in [9.17, 15) is 0 Å². The smallest absolute Gasteiger partial charge is 0.165 e. The molecule has 0 radical (unpaired) electrons. The van der Waals surface area contributed by atoms with Crippen molar-refractivity contribution in [1.82, 2.24) is 30.1 Å². The summed E-state index contributed by atoms with van der Waals surface area (Å²) < 4.78 is 3.31. The van der Waals surface area contributed by atoms with E-state index in [1.54, 1.807) is 0 Å². The molecular formula is C17H20N6S. The number of thiazole rings is 1. The zero-order chi connectivity index (χ0) is 15.9. The number of hydrogen-bond acceptors (Lipinski definition) is 6. The van der Waals surface area contributed by atoms with Crippen LogP contribution in [0.25, 0.3) is 10.2 Å². The molecular weight excluding hydrogens is 320 g/mol. The normalized spacial score (nSPS) is 22.2. The van der Waals surface area contributed by atoms with Crippen LogP contribution in [-0.4, -0.2) is 36.6 Å². The number of tetrazole rings is 1. The molecule has 0 bridgehead atoms. The van der Waals surface area contributed by atoms with Crippen LogP contribution in [0.2, 0.25) is 0 Å². The van der Waals surface area contributed by atoms with E-state index in [0.717, 1.165) is 24.4 Å². The maximum absolute atomic E-state index is 4.90. The van der Waals surface area contributed by atoms with Crippen molar-refractivity contribution < 1.29 is 0 Å². The number of aromatic nitrogens is 5. The molecule has 1 saturated heterocycles. The number of fused-ring (bicyclic) bond motifs is 1. The van der Waals surface area contributed by atoms with E-state index in [1.165, 1.54) is 41.8 Å². The van der Waals surface area contributed by atoms with E-state index in [1.807, 2.05) is 16.0 Å². The first-order valence-corrected chi connectivity index (χ1v) is 9.56. The van der Waals surface area contributed by atoms with E-state index in [4.69, 9.17) is 4.98 Å². The van der Waals surface area contributed by atoms with Crippen LogP contribution in [0.4, 0.5) is 0 Å². The third kappa shape index (κ3) is 2.61. The topological polar surface area (TPSA) is 59.7 Å². The highest BCUT2D eigenvalue weighted by Crippen LogP contribution is 2.38. The highest BCUT2D eigenvalue weighted by Gasteiger charge is 2.31. The van der Waals surface area contributed by atoms with Crippen LogP contribution in [0, 0.1) is 0 Å². The standard InChI is InChI=1S/C17H20N6S/c1-2-7-15-13(5-1)18-17(24-15)14-6-3-4-10-22(14)11-16-19-20-21-23(16)12-8-9-12/h1-2,5,7,12,14H,3-4,6,8-11H2. The molecule has 0 amide bonds. The fourth-order valence-corrected chi connectivity index (χ4v) is 4.73. The first-order chi connectivity index (χ1) is 11.9. The maximum atomic E-state index is 4.90. The average molecular weight is 340 g/mol. The lowest BCUT2D eigenvalue weighted by molar-refractivity contribution is 0.134. The van der Waals surface area contributed by atoms with Crippen LogP contribution in [0.5, 0.6) is 0 Å². The van der Waals surface area contributed by atoms with Gasteiger partial charge in [-0.05, 0) is 54.8 Å². The van der Waals surface area contributed by atoms with Crippen molar-refractivity contribution in [3.05, 3.63) is 35.1 Å². The van der Waals surface area contributed by atoms with E-state index in [-0.39, 0.29) is 0 Å². The molecule has 0 N–H and O–H groups in total. The lowest BCUT2D eigenvalue weighted by atomic mass is 10.0. The molecule has 24 heavy (non-hydrogen) atoms. The molecule has 1 aromatic carbocycles. The lowest BCUT2D eigenvalue weighted by Crippen LogP contribution is -2.33. The molecule has 1 unspecified atom stereocenters. The van der Waals surface area contributed by atoms with Crippen molar-refractivity contribution in [2.45, 2.75) is 50.7 Å². The summed E-state index contributed by atoms with van der Waals surface area (Å²) in [7, 11) is 0.